The third kappa shape index (κ3) is 5.66. The van der Waals surface area contributed by atoms with Crippen LogP contribution in [0.4, 0.5) is 0 Å². The lowest BCUT2D eigenvalue weighted by molar-refractivity contribution is -0.136. The second kappa shape index (κ2) is 10.6. The van der Waals surface area contributed by atoms with Gasteiger partial charge in [0.25, 0.3) is 5.91 Å². The highest BCUT2D eigenvalue weighted by molar-refractivity contribution is 5.95. The predicted molar refractivity (Wildman–Crippen MR) is 136 cm³/mol. The maximum atomic E-state index is 12.9. The highest BCUT2D eigenvalue weighted by Crippen LogP contribution is 2.31. The maximum Gasteiger partial charge on any atom is 0.251 e. The van der Waals surface area contributed by atoms with Gasteiger partial charge in [0.05, 0.1) is 11.4 Å². The van der Waals surface area contributed by atoms with Crippen molar-refractivity contribution in [2.75, 3.05) is 19.6 Å². The van der Waals surface area contributed by atoms with E-state index in [1.54, 1.807) is 29.7 Å². The van der Waals surface area contributed by atoms with Crippen LogP contribution in [0.25, 0.3) is 10.9 Å². The Labute approximate surface area is 210 Å². The van der Waals surface area contributed by atoms with Crippen LogP contribution in [0.3, 0.4) is 0 Å². The zero-order valence-electron chi connectivity index (χ0n) is 20.4. The molecule has 1 aromatic heterocycles. The number of hydroxylamine groups is 1. The highest BCUT2D eigenvalue weighted by Gasteiger charge is 2.37. The number of likely N-dealkylation sites (tertiary alicyclic amines) is 1. The average molecular weight is 489 g/mol. The van der Waals surface area contributed by atoms with Gasteiger partial charge in [-0.2, -0.15) is 0 Å². The van der Waals surface area contributed by atoms with Crippen LogP contribution in [-0.4, -0.2) is 52.6 Å². The number of rotatable bonds is 8. The summed E-state index contributed by atoms with van der Waals surface area (Å²) >= 11 is 0. The standard InChI is InChI=1S/C28H32N4O4/c1-18-14-21(23-4-2-3-5-25(23)29-18)17-36-22-10-8-20(9-11-22)27(33)30-26-12-13-32(15-19-6-7-19)16-24(26)28(34)31-35/h2-5,8-11,14,19,24,26,35H,6-7,12-13,15-17H2,1H3,(H,30,33)(H,31,34)/t24-,26?/m1/s1. The minimum Gasteiger partial charge on any atom is -0.489 e. The number of hydrogen-bond acceptors (Lipinski definition) is 6. The lowest BCUT2D eigenvalue weighted by Gasteiger charge is -2.37. The van der Waals surface area contributed by atoms with Crippen LogP contribution in [0.5, 0.6) is 5.75 Å². The van der Waals surface area contributed by atoms with Crippen LogP contribution in [0.1, 0.15) is 40.9 Å². The molecule has 2 aromatic carbocycles. The average Bonchev–Trinajstić information content (AvgIpc) is 3.72. The normalized spacial score (nSPS) is 20.2. The molecule has 0 radical (unpaired) electrons. The number of piperidine rings is 1. The van der Waals surface area contributed by atoms with Crippen molar-refractivity contribution >= 4 is 22.7 Å². The lowest BCUT2D eigenvalue weighted by atomic mass is 9.90. The third-order valence-corrected chi connectivity index (χ3v) is 7.11. The first kappa shape index (κ1) is 24.2. The molecule has 2 atom stereocenters. The van der Waals surface area contributed by atoms with Gasteiger partial charge < -0.3 is 15.0 Å². The van der Waals surface area contributed by atoms with Crippen molar-refractivity contribution in [2.45, 2.75) is 38.8 Å². The van der Waals surface area contributed by atoms with Crippen LogP contribution in [0.2, 0.25) is 0 Å². The van der Waals surface area contributed by atoms with Crippen molar-refractivity contribution in [2.24, 2.45) is 11.8 Å². The number of hydrogen-bond donors (Lipinski definition) is 3. The summed E-state index contributed by atoms with van der Waals surface area (Å²) in [5.41, 5.74) is 5.21. The lowest BCUT2D eigenvalue weighted by Crippen LogP contribution is -2.55. The number of amides is 2. The fourth-order valence-electron chi connectivity index (χ4n) is 5.00. The molecule has 0 bridgehead atoms. The molecule has 2 amide bonds. The summed E-state index contributed by atoms with van der Waals surface area (Å²) in [5.74, 6) is 0.192. The summed E-state index contributed by atoms with van der Waals surface area (Å²) in [6.45, 7) is 4.70. The molecule has 8 nitrogen and oxygen atoms in total. The van der Waals surface area contributed by atoms with E-state index in [1.807, 2.05) is 37.3 Å². The smallest absolute Gasteiger partial charge is 0.251 e. The van der Waals surface area contributed by atoms with Crippen LogP contribution < -0.4 is 15.5 Å². The first-order valence-electron chi connectivity index (χ1n) is 12.6. The Balaban J connectivity index is 1.20. The van der Waals surface area contributed by atoms with Gasteiger partial charge in [-0.25, -0.2) is 5.48 Å². The van der Waals surface area contributed by atoms with E-state index in [9.17, 15) is 14.8 Å². The molecule has 1 unspecified atom stereocenters. The molecule has 0 spiro atoms. The van der Waals surface area contributed by atoms with E-state index >= 15 is 0 Å². The number of fused-ring (bicyclic) bond motifs is 1. The van der Waals surface area contributed by atoms with E-state index in [-0.39, 0.29) is 11.9 Å². The fraction of sp³-hybridized carbons (Fsp3) is 0.393. The summed E-state index contributed by atoms with van der Waals surface area (Å²) < 4.78 is 6.01. The van der Waals surface area contributed by atoms with E-state index in [4.69, 9.17) is 4.74 Å². The van der Waals surface area contributed by atoms with Crippen molar-refractivity contribution in [3.63, 3.8) is 0 Å². The highest BCUT2D eigenvalue weighted by atomic mass is 16.5. The molecule has 2 aliphatic rings. The molecular weight excluding hydrogens is 456 g/mol. The molecule has 36 heavy (non-hydrogen) atoms. The molecule has 2 heterocycles. The molecule has 1 saturated heterocycles. The van der Waals surface area contributed by atoms with Crippen molar-refractivity contribution < 1.29 is 19.5 Å². The van der Waals surface area contributed by atoms with Gasteiger partial charge in [0.2, 0.25) is 5.91 Å². The summed E-state index contributed by atoms with van der Waals surface area (Å²) in [4.78, 5) is 32.1. The third-order valence-electron chi connectivity index (χ3n) is 7.11. The maximum absolute atomic E-state index is 12.9. The number of nitrogens with zero attached hydrogens (tertiary/aromatic N) is 2. The van der Waals surface area contributed by atoms with E-state index in [2.05, 4.69) is 15.2 Å². The predicted octanol–water partition coefficient (Wildman–Crippen LogP) is 3.46. The number of aryl methyl sites for hydroxylation is 1. The van der Waals surface area contributed by atoms with E-state index in [0.29, 0.717) is 30.9 Å². The van der Waals surface area contributed by atoms with E-state index in [0.717, 1.165) is 41.2 Å². The molecule has 2 fully saturated rings. The number of nitrogens with one attached hydrogen (secondary N) is 2. The SMILES string of the molecule is Cc1cc(COc2ccc(C(=O)NC3CCN(CC4CC4)C[C@H]3C(=O)NO)cc2)c2ccccc2n1. The number of carbonyl (C=O) groups is 2. The van der Waals surface area contributed by atoms with Crippen LogP contribution in [0, 0.1) is 18.8 Å². The Bertz CT molecular complexity index is 1240. The summed E-state index contributed by atoms with van der Waals surface area (Å²) in [6, 6.07) is 16.7. The largest absolute Gasteiger partial charge is 0.489 e. The van der Waals surface area contributed by atoms with Crippen molar-refractivity contribution in [1.29, 1.82) is 0 Å². The van der Waals surface area contributed by atoms with Gasteiger partial charge in [0.1, 0.15) is 12.4 Å². The number of carbonyl (C=O) groups excluding carboxylic acids is 2. The Hall–Kier alpha value is -3.49. The molecule has 1 aliphatic heterocycles. The van der Waals surface area contributed by atoms with E-state index < -0.39 is 11.8 Å². The Morgan fingerprint density at radius 2 is 1.89 bits per heavy atom. The van der Waals surface area contributed by atoms with Gasteiger partial charge in [0.15, 0.2) is 0 Å². The molecular formula is C28H32N4O4. The molecule has 5 rings (SSSR count). The topological polar surface area (TPSA) is 104 Å². The number of ether oxygens (including phenoxy) is 1. The van der Waals surface area contributed by atoms with Gasteiger partial charge in [0, 0.05) is 47.9 Å². The summed E-state index contributed by atoms with van der Waals surface area (Å²) in [5, 5.41) is 13.3. The minimum absolute atomic E-state index is 0.242. The molecule has 1 saturated carbocycles. The van der Waals surface area contributed by atoms with Crippen molar-refractivity contribution in [3.05, 3.63) is 71.4 Å². The van der Waals surface area contributed by atoms with Gasteiger partial charge in [-0.15, -0.1) is 0 Å². The molecule has 1 aliphatic carbocycles. The Morgan fingerprint density at radius 1 is 1.11 bits per heavy atom. The quantitative estimate of drug-likeness (QED) is 0.331. The van der Waals surface area contributed by atoms with Gasteiger partial charge in [-0.3, -0.25) is 19.8 Å². The van der Waals surface area contributed by atoms with E-state index in [1.165, 1.54) is 12.8 Å². The Morgan fingerprint density at radius 3 is 2.64 bits per heavy atom. The summed E-state index contributed by atoms with van der Waals surface area (Å²) in [7, 11) is 0. The summed E-state index contributed by atoms with van der Waals surface area (Å²) in [6.07, 6.45) is 3.15. The molecule has 8 heteroatoms. The fourth-order valence-corrected chi connectivity index (χ4v) is 5.00. The second-order valence-corrected chi connectivity index (χ2v) is 9.91. The monoisotopic (exact) mass is 488 g/mol. The number of pyridine rings is 1. The minimum atomic E-state index is -0.493. The first-order chi connectivity index (χ1) is 17.5. The number of para-hydroxylation sites is 1. The molecule has 3 N–H and O–H groups in total. The van der Waals surface area contributed by atoms with Crippen LogP contribution in [0.15, 0.2) is 54.6 Å². The molecule has 3 aromatic rings. The number of benzene rings is 2. The first-order valence-corrected chi connectivity index (χ1v) is 12.6. The number of aromatic nitrogens is 1. The van der Waals surface area contributed by atoms with Crippen molar-refractivity contribution in [1.82, 2.24) is 20.7 Å². The van der Waals surface area contributed by atoms with Crippen LogP contribution in [-0.2, 0) is 11.4 Å². The van der Waals surface area contributed by atoms with Crippen LogP contribution >= 0.6 is 0 Å². The molecule has 188 valence electrons. The zero-order valence-corrected chi connectivity index (χ0v) is 20.4. The second-order valence-electron chi connectivity index (χ2n) is 9.91. The van der Waals surface area contributed by atoms with Crippen molar-refractivity contribution in [3.8, 4) is 5.75 Å². The van der Waals surface area contributed by atoms with Gasteiger partial charge in [-0.05, 0) is 68.5 Å². The van der Waals surface area contributed by atoms with Gasteiger partial charge in [-0.1, -0.05) is 18.2 Å². The zero-order chi connectivity index (χ0) is 25.1. The Kier molecular flexibility index (Phi) is 7.16. The van der Waals surface area contributed by atoms with Gasteiger partial charge >= 0.3 is 0 Å².